The minimum absolute atomic E-state index is 0.210. The van der Waals surface area contributed by atoms with E-state index in [4.69, 9.17) is 4.74 Å². The van der Waals surface area contributed by atoms with E-state index in [1.165, 1.54) is 6.92 Å². The molecule has 1 N–H and O–H groups in total. The van der Waals surface area contributed by atoms with E-state index in [9.17, 15) is 9.59 Å². The van der Waals surface area contributed by atoms with Gasteiger partial charge in [-0.15, -0.1) is 0 Å². The van der Waals surface area contributed by atoms with Crippen LogP contribution < -0.4 is 10.1 Å². The first kappa shape index (κ1) is 16.2. The number of ether oxygens (including phenoxy) is 1. The summed E-state index contributed by atoms with van der Waals surface area (Å²) >= 11 is 0. The predicted molar refractivity (Wildman–Crippen MR) is 73.4 cm³/mol. The van der Waals surface area contributed by atoms with Crippen LogP contribution in [-0.2, 0) is 11.2 Å². The van der Waals surface area contributed by atoms with Crippen molar-refractivity contribution in [1.82, 2.24) is 0 Å². The molecule has 4 heteroatoms. The minimum Gasteiger partial charge on any atom is -0.497 e. The van der Waals surface area contributed by atoms with Gasteiger partial charge in [0.2, 0.25) is 5.91 Å². The Balaban J connectivity index is 0.00000137. The average molecular weight is 251 g/mol. The first-order valence-electron chi connectivity index (χ1n) is 6.06. The summed E-state index contributed by atoms with van der Waals surface area (Å²) in [6.45, 7) is 7.35. The van der Waals surface area contributed by atoms with E-state index in [1.54, 1.807) is 19.2 Å². The zero-order chi connectivity index (χ0) is 14.1. The highest BCUT2D eigenvalue weighted by atomic mass is 16.5. The molecule has 0 aromatic heterocycles. The van der Waals surface area contributed by atoms with Gasteiger partial charge in [-0.05, 0) is 18.1 Å². The Morgan fingerprint density at radius 2 is 2.00 bits per heavy atom. The van der Waals surface area contributed by atoms with Crippen LogP contribution in [0.3, 0.4) is 0 Å². The van der Waals surface area contributed by atoms with E-state index in [0.717, 1.165) is 11.8 Å². The monoisotopic (exact) mass is 251 g/mol. The van der Waals surface area contributed by atoms with Gasteiger partial charge < -0.3 is 10.1 Å². The molecule has 0 aliphatic carbocycles. The molecule has 0 saturated heterocycles. The molecule has 18 heavy (non-hydrogen) atoms. The number of hydrogen-bond donors (Lipinski definition) is 1. The fourth-order valence-electron chi connectivity index (χ4n) is 1.53. The normalized spacial score (nSPS) is 8.94. The summed E-state index contributed by atoms with van der Waals surface area (Å²) < 4.78 is 5.11. The Morgan fingerprint density at radius 3 is 2.39 bits per heavy atom. The summed E-state index contributed by atoms with van der Waals surface area (Å²) in [6, 6.07) is 3.44. The molecular formula is C14H21NO3. The second-order valence-corrected chi connectivity index (χ2v) is 3.40. The molecule has 0 fully saturated rings. The third kappa shape index (κ3) is 4.20. The van der Waals surface area contributed by atoms with E-state index in [2.05, 4.69) is 5.32 Å². The second kappa shape index (κ2) is 8.28. The first-order chi connectivity index (χ1) is 8.62. The minimum atomic E-state index is -0.210. The summed E-state index contributed by atoms with van der Waals surface area (Å²) in [5.41, 5.74) is 1.87. The number of benzene rings is 1. The molecule has 1 rings (SSSR count). The van der Waals surface area contributed by atoms with E-state index in [0.29, 0.717) is 23.4 Å². The molecule has 0 aliphatic rings. The van der Waals surface area contributed by atoms with Gasteiger partial charge in [-0.3, -0.25) is 9.59 Å². The van der Waals surface area contributed by atoms with Crippen LogP contribution in [0, 0.1) is 0 Å². The number of amides is 1. The summed E-state index contributed by atoms with van der Waals surface area (Å²) in [7, 11) is 1.55. The molecule has 0 radical (unpaired) electrons. The lowest BCUT2D eigenvalue weighted by Crippen LogP contribution is -2.09. The lowest BCUT2D eigenvalue weighted by Gasteiger charge is -2.12. The Kier molecular flexibility index (Phi) is 7.43. The molecule has 1 amide bonds. The number of carbonyl (C=O) groups is 2. The lowest BCUT2D eigenvalue weighted by atomic mass is 10.0. The van der Waals surface area contributed by atoms with Crippen molar-refractivity contribution in [2.24, 2.45) is 0 Å². The van der Waals surface area contributed by atoms with Crippen molar-refractivity contribution in [2.45, 2.75) is 34.1 Å². The van der Waals surface area contributed by atoms with E-state index in [-0.39, 0.29) is 5.91 Å². The number of rotatable bonds is 4. The molecule has 1 aromatic carbocycles. The molecule has 0 aliphatic heterocycles. The standard InChI is InChI=1S/C12H15NO3.C2H6/c1-4-9-5-10(16-3)6-12(11(9)7-14)13-8(2)15;1-2/h5-7H,4H2,1-3H3,(H,13,15);1-2H3. The number of aldehydes is 1. The van der Waals surface area contributed by atoms with Crippen molar-refractivity contribution in [3.05, 3.63) is 23.3 Å². The molecule has 0 unspecified atom stereocenters. The van der Waals surface area contributed by atoms with Crippen molar-refractivity contribution in [1.29, 1.82) is 0 Å². The zero-order valence-corrected chi connectivity index (χ0v) is 11.7. The molecule has 100 valence electrons. The zero-order valence-electron chi connectivity index (χ0n) is 11.7. The highest BCUT2D eigenvalue weighted by Gasteiger charge is 2.10. The van der Waals surface area contributed by atoms with Gasteiger partial charge in [0.25, 0.3) is 0 Å². The van der Waals surface area contributed by atoms with Gasteiger partial charge in [-0.25, -0.2) is 0 Å². The molecule has 0 heterocycles. The number of nitrogens with one attached hydrogen (secondary N) is 1. The average Bonchev–Trinajstić information content (AvgIpc) is 2.39. The molecule has 0 atom stereocenters. The topological polar surface area (TPSA) is 55.4 Å². The number of methoxy groups -OCH3 is 1. The van der Waals surface area contributed by atoms with Gasteiger partial charge >= 0.3 is 0 Å². The van der Waals surface area contributed by atoms with Gasteiger partial charge in [0.05, 0.1) is 12.8 Å². The predicted octanol–water partition coefficient (Wildman–Crippen LogP) is 3.05. The number of aryl methyl sites for hydroxylation is 1. The van der Waals surface area contributed by atoms with Gasteiger partial charge in [-0.2, -0.15) is 0 Å². The fraction of sp³-hybridized carbons (Fsp3) is 0.429. The molecular weight excluding hydrogens is 230 g/mol. The fourth-order valence-corrected chi connectivity index (χ4v) is 1.53. The van der Waals surface area contributed by atoms with Gasteiger partial charge in [0.1, 0.15) is 5.75 Å². The Hall–Kier alpha value is -1.84. The van der Waals surface area contributed by atoms with Crippen LogP contribution in [0.1, 0.15) is 43.6 Å². The Morgan fingerprint density at radius 1 is 1.39 bits per heavy atom. The van der Waals surface area contributed by atoms with Crippen molar-refractivity contribution in [3.63, 3.8) is 0 Å². The van der Waals surface area contributed by atoms with Gasteiger partial charge in [0, 0.05) is 18.6 Å². The number of hydrogen-bond acceptors (Lipinski definition) is 3. The SMILES string of the molecule is CC.CCc1cc(OC)cc(NC(C)=O)c1C=O. The maximum Gasteiger partial charge on any atom is 0.221 e. The van der Waals surface area contributed by atoms with Crippen LogP contribution in [0.15, 0.2) is 12.1 Å². The summed E-state index contributed by atoms with van der Waals surface area (Å²) in [6.07, 6.45) is 1.46. The maximum atomic E-state index is 11.0. The summed E-state index contributed by atoms with van der Waals surface area (Å²) in [5, 5.41) is 2.62. The van der Waals surface area contributed by atoms with Crippen LogP contribution >= 0.6 is 0 Å². The molecule has 4 nitrogen and oxygen atoms in total. The summed E-state index contributed by atoms with van der Waals surface area (Å²) in [4.78, 5) is 22.0. The van der Waals surface area contributed by atoms with E-state index in [1.807, 2.05) is 20.8 Å². The Labute approximate surface area is 108 Å². The highest BCUT2D eigenvalue weighted by molar-refractivity contribution is 5.96. The molecule has 1 aromatic rings. The molecule has 0 bridgehead atoms. The van der Waals surface area contributed by atoms with Crippen LogP contribution in [-0.4, -0.2) is 19.3 Å². The van der Waals surface area contributed by atoms with E-state index >= 15 is 0 Å². The second-order valence-electron chi connectivity index (χ2n) is 3.40. The van der Waals surface area contributed by atoms with E-state index < -0.39 is 0 Å². The first-order valence-corrected chi connectivity index (χ1v) is 6.06. The van der Waals surface area contributed by atoms with Crippen molar-refractivity contribution in [2.75, 3.05) is 12.4 Å². The Bertz CT molecular complexity index is 414. The largest absolute Gasteiger partial charge is 0.497 e. The molecule has 0 saturated carbocycles. The van der Waals surface area contributed by atoms with Crippen LogP contribution in [0.5, 0.6) is 5.75 Å². The van der Waals surface area contributed by atoms with Gasteiger partial charge in [0.15, 0.2) is 6.29 Å². The van der Waals surface area contributed by atoms with Crippen molar-refractivity contribution < 1.29 is 14.3 Å². The lowest BCUT2D eigenvalue weighted by molar-refractivity contribution is -0.114. The van der Waals surface area contributed by atoms with Crippen LogP contribution in [0.4, 0.5) is 5.69 Å². The summed E-state index contributed by atoms with van der Waals surface area (Å²) in [5.74, 6) is 0.421. The smallest absolute Gasteiger partial charge is 0.221 e. The van der Waals surface area contributed by atoms with Crippen LogP contribution in [0.2, 0.25) is 0 Å². The third-order valence-electron chi connectivity index (χ3n) is 2.28. The van der Waals surface area contributed by atoms with Crippen molar-refractivity contribution in [3.8, 4) is 5.75 Å². The highest BCUT2D eigenvalue weighted by Crippen LogP contribution is 2.26. The number of carbonyl (C=O) groups excluding carboxylic acids is 2. The quantitative estimate of drug-likeness (QED) is 0.837. The molecule has 0 spiro atoms. The third-order valence-corrected chi connectivity index (χ3v) is 2.28. The maximum absolute atomic E-state index is 11.0. The van der Waals surface area contributed by atoms with Crippen molar-refractivity contribution >= 4 is 17.9 Å². The van der Waals surface area contributed by atoms with Crippen LogP contribution in [0.25, 0.3) is 0 Å². The van der Waals surface area contributed by atoms with Gasteiger partial charge in [-0.1, -0.05) is 20.8 Å². The number of anilines is 1.